The van der Waals surface area contributed by atoms with Crippen LogP contribution in [0.4, 0.5) is 0 Å². The standard InChI is InChI=1S/C12H27NO3S/c1-4-12(13-5-2)8-6-10-17(14,15)11-7-9-16-3/h12-13H,4-11H2,1-3H3. The molecular weight excluding hydrogens is 238 g/mol. The van der Waals surface area contributed by atoms with Crippen molar-refractivity contribution in [3.63, 3.8) is 0 Å². The first-order chi connectivity index (χ1) is 8.05. The molecule has 0 radical (unpaired) electrons. The van der Waals surface area contributed by atoms with Gasteiger partial charge in [-0.25, -0.2) is 8.42 Å². The largest absolute Gasteiger partial charge is 0.385 e. The van der Waals surface area contributed by atoms with E-state index >= 15 is 0 Å². The summed E-state index contributed by atoms with van der Waals surface area (Å²) >= 11 is 0. The third-order valence-electron chi connectivity index (χ3n) is 2.80. The van der Waals surface area contributed by atoms with Crippen molar-refractivity contribution < 1.29 is 13.2 Å². The third-order valence-corrected chi connectivity index (χ3v) is 4.62. The number of rotatable bonds is 11. The fourth-order valence-electron chi connectivity index (χ4n) is 1.81. The molecule has 5 heteroatoms. The smallest absolute Gasteiger partial charge is 0.150 e. The minimum atomic E-state index is -2.88. The molecular formula is C12H27NO3S. The minimum absolute atomic E-state index is 0.249. The van der Waals surface area contributed by atoms with E-state index in [4.69, 9.17) is 4.74 Å². The van der Waals surface area contributed by atoms with Crippen LogP contribution in [-0.2, 0) is 14.6 Å². The number of sulfone groups is 1. The molecule has 104 valence electrons. The van der Waals surface area contributed by atoms with E-state index in [0.717, 1.165) is 25.8 Å². The summed E-state index contributed by atoms with van der Waals surface area (Å²) in [4.78, 5) is 0. The van der Waals surface area contributed by atoms with Crippen LogP contribution in [0.15, 0.2) is 0 Å². The van der Waals surface area contributed by atoms with Crippen molar-refractivity contribution in [1.29, 1.82) is 0 Å². The van der Waals surface area contributed by atoms with Crippen molar-refractivity contribution in [3.8, 4) is 0 Å². The zero-order chi connectivity index (χ0) is 13.1. The fourth-order valence-corrected chi connectivity index (χ4v) is 3.18. The van der Waals surface area contributed by atoms with Gasteiger partial charge in [-0.05, 0) is 32.2 Å². The molecule has 0 aliphatic carbocycles. The van der Waals surface area contributed by atoms with Crippen LogP contribution in [0, 0.1) is 0 Å². The van der Waals surface area contributed by atoms with Gasteiger partial charge in [-0.3, -0.25) is 0 Å². The lowest BCUT2D eigenvalue weighted by atomic mass is 10.1. The Bertz CT molecular complexity index is 265. The summed E-state index contributed by atoms with van der Waals surface area (Å²) in [7, 11) is -1.29. The van der Waals surface area contributed by atoms with Crippen molar-refractivity contribution in [2.45, 2.75) is 45.6 Å². The van der Waals surface area contributed by atoms with E-state index in [1.54, 1.807) is 7.11 Å². The quantitative estimate of drug-likeness (QED) is 0.577. The topological polar surface area (TPSA) is 55.4 Å². The van der Waals surface area contributed by atoms with Crippen LogP contribution in [-0.4, -0.2) is 46.2 Å². The lowest BCUT2D eigenvalue weighted by Gasteiger charge is -2.15. The van der Waals surface area contributed by atoms with Gasteiger partial charge in [-0.2, -0.15) is 0 Å². The molecule has 0 bridgehead atoms. The van der Waals surface area contributed by atoms with Gasteiger partial charge in [0, 0.05) is 19.8 Å². The summed E-state index contributed by atoms with van der Waals surface area (Å²) in [5.74, 6) is 0.553. The molecule has 1 atom stereocenters. The SMILES string of the molecule is CCNC(CC)CCCS(=O)(=O)CCCOC. The zero-order valence-corrected chi connectivity index (χ0v) is 12.2. The average molecular weight is 265 g/mol. The molecule has 17 heavy (non-hydrogen) atoms. The summed E-state index contributed by atoms with van der Waals surface area (Å²) in [5.41, 5.74) is 0. The van der Waals surface area contributed by atoms with Crippen LogP contribution in [0.25, 0.3) is 0 Å². The molecule has 1 N–H and O–H groups in total. The number of hydrogen-bond donors (Lipinski definition) is 1. The van der Waals surface area contributed by atoms with Crippen molar-refractivity contribution >= 4 is 9.84 Å². The Balaban J connectivity index is 3.77. The molecule has 0 aliphatic rings. The molecule has 0 saturated carbocycles. The van der Waals surface area contributed by atoms with Gasteiger partial charge in [-0.15, -0.1) is 0 Å². The Morgan fingerprint density at radius 1 is 1.18 bits per heavy atom. The summed E-state index contributed by atoms with van der Waals surface area (Å²) in [6.07, 6.45) is 3.34. The van der Waals surface area contributed by atoms with Gasteiger partial charge in [0.15, 0.2) is 0 Å². The van der Waals surface area contributed by atoms with E-state index in [1.807, 2.05) is 0 Å². The molecule has 0 aromatic heterocycles. The molecule has 0 amide bonds. The lowest BCUT2D eigenvalue weighted by molar-refractivity contribution is 0.199. The molecule has 0 aromatic carbocycles. The van der Waals surface area contributed by atoms with E-state index in [2.05, 4.69) is 19.2 Å². The van der Waals surface area contributed by atoms with Crippen molar-refractivity contribution in [2.24, 2.45) is 0 Å². The predicted octanol–water partition coefficient (Wildman–Crippen LogP) is 1.61. The maximum absolute atomic E-state index is 11.7. The van der Waals surface area contributed by atoms with Crippen molar-refractivity contribution in [1.82, 2.24) is 5.32 Å². The highest BCUT2D eigenvalue weighted by Crippen LogP contribution is 2.05. The molecule has 0 aromatic rings. The van der Waals surface area contributed by atoms with Crippen LogP contribution in [0.2, 0.25) is 0 Å². The molecule has 1 unspecified atom stereocenters. The second-order valence-corrected chi connectivity index (χ2v) is 6.61. The minimum Gasteiger partial charge on any atom is -0.385 e. The summed E-state index contributed by atoms with van der Waals surface area (Å²) < 4.78 is 28.2. The summed E-state index contributed by atoms with van der Waals surface area (Å²) in [6.45, 7) is 5.66. The zero-order valence-electron chi connectivity index (χ0n) is 11.4. The Morgan fingerprint density at radius 3 is 2.35 bits per heavy atom. The first-order valence-corrected chi connectivity index (χ1v) is 8.30. The summed E-state index contributed by atoms with van der Waals surface area (Å²) in [5, 5.41) is 3.36. The van der Waals surface area contributed by atoms with Gasteiger partial charge in [0.2, 0.25) is 0 Å². The Kier molecular flexibility index (Phi) is 9.78. The van der Waals surface area contributed by atoms with Gasteiger partial charge in [0.25, 0.3) is 0 Å². The first kappa shape index (κ1) is 16.9. The van der Waals surface area contributed by atoms with Crippen LogP contribution in [0.5, 0.6) is 0 Å². The van der Waals surface area contributed by atoms with Crippen LogP contribution < -0.4 is 5.32 Å². The third kappa shape index (κ3) is 9.56. The van der Waals surface area contributed by atoms with Crippen LogP contribution in [0.3, 0.4) is 0 Å². The van der Waals surface area contributed by atoms with E-state index in [1.165, 1.54) is 0 Å². The van der Waals surface area contributed by atoms with Gasteiger partial charge in [0.1, 0.15) is 9.84 Å². The molecule has 0 aliphatic heterocycles. The summed E-state index contributed by atoms with van der Waals surface area (Å²) in [6, 6.07) is 0.453. The Hall–Kier alpha value is -0.130. The van der Waals surface area contributed by atoms with E-state index < -0.39 is 9.84 Å². The van der Waals surface area contributed by atoms with E-state index in [-0.39, 0.29) is 5.75 Å². The highest BCUT2D eigenvalue weighted by molar-refractivity contribution is 7.91. The maximum Gasteiger partial charge on any atom is 0.150 e. The molecule has 0 saturated heterocycles. The van der Waals surface area contributed by atoms with Gasteiger partial charge < -0.3 is 10.1 Å². The molecule has 4 nitrogen and oxygen atoms in total. The molecule has 0 rings (SSSR count). The fraction of sp³-hybridized carbons (Fsp3) is 1.00. The van der Waals surface area contributed by atoms with Crippen molar-refractivity contribution in [2.75, 3.05) is 31.8 Å². The van der Waals surface area contributed by atoms with Crippen molar-refractivity contribution in [3.05, 3.63) is 0 Å². The molecule has 0 heterocycles. The molecule has 0 spiro atoms. The number of methoxy groups -OCH3 is 1. The Morgan fingerprint density at radius 2 is 1.82 bits per heavy atom. The predicted molar refractivity (Wildman–Crippen MR) is 72.1 cm³/mol. The van der Waals surface area contributed by atoms with Crippen LogP contribution >= 0.6 is 0 Å². The average Bonchev–Trinajstić information content (AvgIpc) is 2.28. The van der Waals surface area contributed by atoms with Gasteiger partial charge in [0.05, 0.1) is 11.5 Å². The maximum atomic E-state index is 11.7. The normalized spacial score (nSPS) is 13.8. The second-order valence-electron chi connectivity index (χ2n) is 4.30. The number of nitrogens with one attached hydrogen (secondary N) is 1. The van der Waals surface area contributed by atoms with E-state index in [0.29, 0.717) is 24.8 Å². The van der Waals surface area contributed by atoms with Gasteiger partial charge >= 0.3 is 0 Å². The number of ether oxygens (including phenoxy) is 1. The second kappa shape index (κ2) is 9.85. The first-order valence-electron chi connectivity index (χ1n) is 6.48. The number of hydrogen-bond acceptors (Lipinski definition) is 4. The Labute approximate surface area is 106 Å². The van der Waals surface area contributed by atoms with Crippen LogP contribution in [0.1, 0.15) is 39.5 Å². The molecule has 0 fully saturated rings. The lowest BCUT2D eigenvalue weighted by Crippen LogP contribution is -2.28. The monoisotopic (exact) mass is 265 g/mol. The highest BCUT2D eigenvalue weighted by atomic mass is 32.2. The van der Waals surface area contributed by atoms with E-state index in [9.17, 15) is 8.42 Å². The highest BCUT2D eigenvalue weighted by Gasteiger charge is 2.12. The van der Waals surface area contributed by atoms with Gasteiger partial charge in [-0.1, -0.05) is 13.8 Å².